The Morgan fingerprint density at radius 3 is 2.62 bits per heavy atom. The van der Waals surface area contributed by atoms with Crippen molar-refractivity contribution in [3.05, 3.63) is 76.5 Å². The summed E-state index contributed by atoms with van der Waals surface area (Å²) >= 11 is 11.8. The van der Waals surface area contributed by atoms with Gasteiger partial charge in [-0.2, -0.15) is 5.10 Å². The van der Waals surface area contributed by atoms with Crippen LogP contribution in [0.15, 0.2) is 70.2 Å². The summed E-state index contributed by atoms with van der Waals surface area (Å²) in [6.45, 7) is 0.0882. The number of rotatable bonds is 6. The molecule has 26 heavy (non-hydrogen) atoms. The first-order valence-electron chi connectivity index (χ1n) is 7.77. The lowest BCUT2D eigenvalue weighted by Crippen LogP contribution is -2.25. The van der Waals surface area contributed by atoms with E-state index in [1.54, 1.807) is 36.4 Å². The van der Waals surface area contributed by atoms with Crippen LogP contribution in [0.1, 0.15) is 5.76 Å². The van der Waals surface area contributed by atoms with Gasteiger partial charge < -0.3 is 9.73 Å². The van der Waals surface area contributed by atoms with Crippen LogP contribution in [0, 0.1) is 0 Å². The molecule has 0 aliphatic carbocycles. The monoisotopic (exact) mass is 387 g/mol. The smallest absolute Gasteiger partial charge is 0.259 e. The zero-order valence-electron chi connectivity index (χ0n) is 13.6. The van der Waals surface area contributed by atoms with Crippen LogP contribution in [0.3, 0.4) is 0 Å². The van der Waals surface area contributed by atoms with Gasteiger partial charge in [-0.15, -0.1) is 0 Å². The Bertz CT molecular complexity index is 921. The van der Waals surface area contributed by atoms with Gasteiger partial charge in [0, 0.05) is 21.3 Å². The number of furan rings is 1. The predicted octanol–water partition coefficient (Wildman–Crippen LogP) is 4.82. The Labute approximate surface area is 160 Å². The van der Waals surface area contributed by atoms with Crippen LogP contribution < -0.4 is 10.7 Å². The molecular weight excluding hydrogens is 373 g/mol. The van der Waals surface area contributed by atoms with Gasteiger partial charge in [0.2, 0.25) is 0 Å². The number of nitrogens with zero attached hydrogens (tertiary/aromatic N) is 1. The van der Waals surface area contributed by atoms with Gasteiger partial charge in [0.25, 0.3) is 5.91 Å². The molecule has 0 saturated carbocycles. The molecule has 0 aliphatic heterocycles. The molecule has 1 amide bonds. The maximum Gasteiger partial charge on any atom is 0.259 e. The summed E-state index contributed by atoms with van der Waals surface area (Å²) in [6.07, 6.45) is 1.44. The number of amides is 1. The fourth-order valence-corrected chi connectivity index (χ4v) is 2.49. The second-order valence-electron chi connectivity index (χ2n) is 5.37. The molecule has 1 aromatic heterocycles. The van der Waals surface area contributed by atoms with Crippen LogP contribution in [0.25, 0.3) is 11.3 Å². The highest BCUT2D eigenvalue weighted by molar-refractivity contribution is 6.31. The first kappa shape index (κ1) is 18.0. The number of halogens is 2. The van der Waals surface area contributed by atoms with Crippen molar-refractivity contribution in [1.82, 2.24) is 5.43 Å². The third-order valence-corrected chi connectivity index (χ3v) is 3.90. The summed E-state index contributed by atoms with van der Waals surface area (Å²) in [7, 11) is 0. The van der Waals surface area contributed by atoms with Crippen molar-refractivity contribution in [3.63, 3.8) is 0 Å². The molecule has 3 aromatic rings. The van der Waals surface area contributed by atoms with Gasteiger partial charge >= 0.3 is 0 Å². The van der Waals surface area contributed by atoms with Crippen LogP contribution in [0.2, 0.25) is 10.0 Å². The molecule has 7 heteroatoms. The fraction of sp³-hybridized carbons (Fsp3) is 0.0526. The molecule has 0 aliphatic rings. The predicted molar refractivity (Wildman–Crippen MR) is 105 cm³/mol. The molecule has 0 saturated heterocycles. The second kappa shape index (κ2) is 8.56. The van der Waals surface area contributed by atoms with E-state index in [-0.39, 0.29) is 12.5 Å². The van der Waals surface area contributed by atoms with Gasteiger partial charge in [0.05, 0.1) is 12.8 Å². The van der Waals surface area contributed by atoms with Crippen molar-refractivity contribution in [3.8, 4) is 11.3 Å². The minimum Gasteiger partial charge on any atom is -0.455 e. The number of hydrazone groups is 1. The Morgan fingerprint density at radius 2 is 1.85 bits per heavy atom. The van der Waals surface area contributed by atoms with Crippen LogP contribution in [-0.4, -0.2) is 18.7 Å². The Balaban J connectivity index is 1.50. The lowest BCUT2D eigenvalue weighted by atomic mass is 10.2. The van der Waals surface area contributed by atoms with Gasteiger partial charge in [-0.3, -0.25) is 4.79 Å². The minimum absolute atomic E-state index is 0.0882. The quantitative estimate of drug-likeness (QED) is 0.470. The highest BCUT2D eigenvalue weighted by Crippen LogP contribution is 2.24. The first-order chi connectivity index (χ1) is 12.6. The van der Waals surface area contributed by atoms with E-state index in [9.17, 15) is 4.79 Å². The van der Waals surface area contributed by atoms with Gasteiger partial charge in [-0.1, -0.05) is 35.3 Å². The zero-order chi connectivity index (χ0) is 18.4. The fourth-order valence-electron chi connectivity index (χ4n) is 2.18. The molecule has 0 unspecified atom stereocenters. The summed E-state index contributed by atoms with van der Waals surface area (Å²) in [6, 6.07) is 18.0. The van der Waals surface area contributed by atoms with Crippen molar-refractivity contribution < 1.29 is 9.21 Å². The van der Waals surface area contributed by atoms with Crippen LogP contribution >= 0.6 is 23.2 Å². The van der Waals surface area contributed by atoms with E-state index < -0.39 is 0 Å². The van der Waals surface area contributed by atoms with Crippen LogP contribution in [0.5, 0.6) is 0 Å². The molecular formula is C19H15Cl2N3O2. The van der Waals surface area contributed by atoms with E-state index in [1.807, 2.05) is 24.3 Å². The summed E-state index contributed by atoms with van der Waals surface area (Å²) in [5.41, 5.74) is 4.10. The first-order valence-corrected chi connectivity index (χ1v) is 8.53. The molecule has 3 rings (SSSR count). The average Bonchev–Trinajstić information content (AvgIpc) is 3.10. The van der Waals surface area contributed by atoms with Crippen molar-refractivity contribution in [2.75, 3.05) is 11.9 Å². The molecule has 5 nitrogen and oxygen atoms in total. The summed E-state index contributed by atoms with van der Waals surface area (Å²) < 4.78 is 5.66. The number of carbonyl (C=O) groups excluding carboxylic acids is 1. The lowest BCUT2D eigenvalue weighted by molar-refractivity contribution is -0.119. The van der Waals surface area contributed by atoms with E-state index >= 15 is 0 Å². The zero-order valence-corrected chi connectivity index (χ0v) is 15.1. The highest BCUT2D eigenvalue weighted by Gasteiger charge is 2.04. The van der Waals surface area contributed by atoms with E-state index in [1.165, 1.54) is 6.21 Å². The van der Waals surface area contributed by atoms with Crippen LogP contribution in [-0.2, 0) is 4.79 Å². The van der Waals surface area contributed by atoms with Crippen LogP contribution in [0.4, 0.5) is 5.69 Å². The summed E-state index contributed by atoms with van der Waals surface area (Å²) in [4.78, 5) is 11.8. The van der Waals surface area contributed by atoms with E-state index in [0.29, 0.717) is 21.6 Å². The maximum absolute atomic E-state index is 11.8. The maximum atomic E-state index is 11.8. The Morgan fingerprint density at radius 1 is 1.04 bits per heavy atom. The topological polar surface area (TPSA) is 66.6 Å². The Hall–Kier alpha value is -2.76. The number of benzene rings is 2. The summed E-state index contributed by atoms with van der Waals surface area (Å²) in [5.74, 6) is 0.911. The van der Waals surface area contributed by atoms with Crippen molar-refractivity contribution in [2.45, 2.75) is 0 Å². The molecule has 0 atom stereocenters. The van der Waals surface area contributed by atoms with Gasteiger partial charge in [-0.25, -0.2) is 5.43 Å². The molecule has 1 heterocycles. The highest BCUT2D eigenvalue weighted by atomic mass is 35.5. The number of hydrogen-bond donors (Lipinski definition) is 2. The molecule has 2 aromatic carbocycles. The van der Waals surface area contributed by atoms with E-state index in [0.717, 1.165) is 11.3 Å². The SMILES string of the molecule is O=C(CNc1ccc(Cl)cc1)N/N=C\c1ccc(-c2cccc(Cl)c2)o1. The standard InChI is InChI=1S/C19H15Cl2N3O2/c20-14-4-6-16(7-5-14)22-12-19(25)24-23-11-17-8-9-18(26-17)13-2-1-3-15(21)10-13/h1-11,22H,12H2,(H,24,25)/b23-11-. The van der Waals surface area contributed by atoms with Gasteiger partial charge in [0.15, 0.2) is 0 Å². The number of nitrogens with one attached hydrogen (secondary N) is 2. The third-order valence-electron chi connectivity index (χ3n) is 3.41. The molecule has 0 bridgehead atoms. The normalized spacial score (nSPS) is 10.8. The number of carbonyl (C=O) groups is 1. The third kappa shape index (κ3) is 5.12. The van der Waals surface area contributed by atoms with Gasteiger partial charge in [0.1, 0.15) is 11.5 Å². The molecule has 0 radical (unpaired) electrons. The molecule has 2 N–H and O–H groups in total. The number of anilines is 1. The largest absolute Gasteiger partial charge is 0.455 e. The van der Waals surface area contributed by atoms with Crippen molar-refractivity contribution in [2.24, 2.45) is 5.10 Å². The van der Waals surface area contributed by atoms with Gasteiger partial charge in [-0.05, 0) is 48.5 Å². The number of hydrogen-bond acceptors (Lipinski definition) is 4. The molecule has 132 valence electrons. The minimum atomic E-state index is -0.280. The van der Waals surface area contributed by atoms with Crippen molar-refractivity contribution >= 4 is 41.0 Å². The molecule has 0 spiro atoms. The van der Waals surface area contributed by atoms with Crippen molar-refractivity contribution in [1.29, 1.82) is 0 Å². The molecule has 0 fully saturated rings. The average molecular weight is 388 g/mol. The summed E-state index contributed by atoms with van der Waals surface area (Å²) in [5, 5.41) is 8.13. The van der Waals surface area contributed by atoms with E-state index in [2.05, 4.69) is 15.8 Å². The Kier molecular flexibility index (Phi) is 5.94. The second-order valence-corrected chi connectivity index (χ2v) is 6.24. The lowest BCUT2D eigenvalue weighted by Gasteiger charge is -2.04. The van der Waals surface area contributed by atoms with E-state index in [4.69, 9.17) is 27.6 Å².